The van der Waals surface area contributed by atoms with E-state index in [0.717, 1.165) is 35.8 Å². The molecule has 1 aliphatic heterocycles. The lowest BCUT2D eigenvalue weighted by atomic mass is 9.89. The monoisotopic (exact) mass is 354 g/mol. The summed E-state index contributed by atoms with van der Waals surface area (Å²) in [5, 5.41) is 5.56. The fourth-order valence-corrected chi connectivity index (χ4v) is 3.95. The predicted octanol–water partition coefficient (Wildman–Crippen LogP) is 5.91. The highest BCUT2D eigenvalue weighted by atomic mass is 35.5. The van der Waals surface area contributed by atoms with E-state index >= 15 is 0 Å². The minimum atomic E-state index is 0.668. The van der Waals surface area contributed by atoms with Gasteiger partial charge in [0.2, 0.25) is 0 Å². The van der Waals surface area contributed by atoms with E-state index in [4.69, 9.17) is 11.6 Å². The second kappa shape index (κ2) is 8.07. The molecule has 0 spiro atoms. The number of aromatic amines is 1. The maximum atomic E-state index is 6.15. The van der Waals surface area contributed by atoms with Crippen LogP contribution in [-0.4, -0.2) is 18.1 Å². The number of allylic oxidation sites excluding steroid dienone is 5. The third kappa shape index (κ3) is 3.91. The number of H-pyrrole nitrogens is 1. The molecule has 1 fully saturated rings. The number of hydrogen-bond acceptors (Lipinski definition) is 1. The Morgan fingerprint density at radius 2 is 2.08 bits per heavy atom. The fraction of sp³-hybridized carbons (Fsp3) is 0.364. The minimum Gasteiger partial charge on any atom is -0.354 e. The van der Waals surface area contributed by atoms with Crippen molar-refractivity contribution in [2.24, 2.45) is 0 Å². The Morgan fingerprint density at radius 1 is 1.32 bits per heavy atom. The second-order valence-electron chi connectivity index (χ2n) is 6.75. The maximum Gasteiger partial charge on any atom is 0.0497 e. The van der Waals surface area contributed by atoms with Crippen LogP contribution in [0, 0.1) is 0 Å². The first-order valence-electron chi connectivity index (χ1n) is 9.16. The molecule has 0 radical (unpaired) electrons. The number of aromatic nitrogens is 1. The van der Waals surface area contributed by atoms with Gasteiger partial charge in [0.25, 0.3) is 0 Å². The summed E-state index contributed by atoms with van der Waals surface area (Å²) in [7, 11) is 0. The van der Waals surface area contributed by atoms with E-state index in [1.54, 1.807) is 0 Å². The Hall–Kier alpha value is -1.77. The SMILES string of the molecule is C=C/C=C(\C=C(/C)Cl)c1[nH]c2ccc(C3CCNCC3)cc2c1CC. The summed E-state index contributed by atoms with van der Waals surface area (Å²) < 4.78 is 0. The standard InChI is InChI=1S/C22H27ClN2/c1-4-6-18(13-15(3)23)22-19(5-2)20-14-17(7-8-21(20)25-22)16-9-11-24-12-10-16/h4,6-8,13-14,16,24-25H,1,5,9-12H2,2-3H3/b15-13+,18-6+. The van der Waals surface area contributed by atoms with Crippen molar-refractivity contribution in [2.45, 2.75) is 39.0 Å². The van der Waals surface area contributed by atoms with Crippen molar-refractivity contribution < 1.29 is 0 Å². The molecule has 0 unspecified atom stereocenters. The van der Waals surface area contributed by atoms with Crippen LogP contribution in [0.1, 0.15) is 49.4 Å². The number of nitrogens with one attached hydrogen (secondary N) is 2. The van der Waals surface area contributed by atoms with Gasteiger partial charge in [-0.25, -0.2) is 0 Å². The van der Waals surface area contributed by atoms with Crippen LogP contribution in [0.3, 0.4) is 0 Å². The van der Waals surface area contributed by atoms with Gasteiger partial charge in [-0.15, -0.1) is 0 Å². The summed E-state index contributed by atoms with van der Waals surface area (Å²) in [5.41, 5.74) is 6.25. The molecule has 1 aliphatic rings. The molecule has 1 aromatic carbocycles. The van der Waals surface area contributed by atoms with E-state index in [9.17, 15) is 0 Å². The van der Waals surface area contributed by atoms with Crippen molar-refractivity contribution in [3.63, 3.8) is 0 Å². The summed E-state index contributed by atoms with van der Waals surface area (Å²) in [5.74, 6) is 0.668. The van der Waals surface area contributed by atoms with Gasteiger partial charge in [0.1, 0.15) is 0 Å². The highest BCUT2D eigenvalue weighted by Gasteiger charge is 2.18. The third-order valence-electron chi connectivity index (χ3n) is 5.03. The predicted molar refractivity (Wildman–Crippen MR) is 110 cm³/mol. The summed E-state index contributed by atoms with van der Waals surface area (Å²) in [6, 6.07) is 6.92. The van der Waals surface area contributed by atoms with Crippen molar-refractivity contribution in [3.8, 4) is 0 Å². The smallest absolute Gasteiger partial charge is 0.0497 e. The molecule has 1 saturated heterocycles. The van der Waals surface area contributed by atoms with Gasteiger partial charge in [-0.05, 0) is 80.1 Å². The van der Waals surface area contributed by atoms with E-state index < -0.39 is 0 Å². The topological polar surface area (TPSA) is 27.8 Å². The summed E-state index contributed by atoms with van der Waals surface area (Å²) in [6.45, 7) is 10.2. The quantitative estimate of drug-likeness (QED) is 0.642. The number of aryl methyl sites for hydroxylation is 1. The Bertz CT molecular complexity index is 816. The number of rotatable bonds is 5. The van der Waals surface area contributed by atoms with Gasteiger partial charge in [0.15, 0.2) is 0 Å². The lowest BCUT2D eigenvalue weighted by Gasteiger charge is -2.23. The Balaban J connectivity index is 2.10. The lowest BCUT2D eigenvalue weighted by Crippen LogP contribution is -2.26. The first kappa shape index (κ1) is 18.0. The van der Waals surface area contributed by atoms with Gasteiger partial charge in [0.05, 0.1) is 0 Å². The van der Waals surface area contributed by atoms with Crippen LogP contribution in [0.2, 0.25) is 0 Å². The number of piperidine rings is 1. The lowest BCUT2D eigenvalue weighted by molar-refractivity contribution is 0.460. The molecule has 132 valence electrons. The zero-order valence-corrected chi connectivity index (χ0v) is 15.9. The van der Waals surface area contributed by atoms with Crippen molar-refractivity contribution in [2.75, 3.05) is 13.1 Å². The molecule has 2 N–H and O–H groups in total. The zero-order valence-electron chi connectivity index (χ0n) is 15.2. The molecule has 3 rings (SSSR count). The number of fused-ring (bicyclic) bond motifs is 1. The second-order valence-corrected chi connectivity index (χ2v) is 7.35. The minimum absolute atomic E-state index is 0.668. The number of benzene rings is 1. The molecule has 25 heavy (non-hydrogen) atoms. The van der Waals surface area contributed by atoms with E-state index in [1.165, 1.54) is 34.9 Å². The fourth-order valence-electron chi connectivity index (χ4n) is 3.83. The third-order valence-corrected chi connectivity index (χ3v) is 5.14. The molecule has 0 amide bonds. The average Bonchev–Trinajstić information content (AvgIpc) is 2.99. The highest BCUT2D eigenvalue weighted by molar-refractivity contribution is 6.29. The van der Waals surface area contributed by atoms with Crippen molar-refractivity contribution in [1.82, 2.24) is 10.3 Å². The van der Waals surface area contributed by atoms with Crippen molar-refractivity contribution in [3.05, 3.63) is 64.9 Å². The molecule has 1 aromatic heterocycles. The van der Waals surface area contributed by atoms with E-state index in [1.807, 2.05) is 25.2 Å². The summed E-state index contributed by atoms with van der Waals surface area (Å²) in [6.07, 6.45) is 9.26. The normalized spacial score (nSPS) is 17.2. The average molecular weight is 355 g/mol. The Morgan fingerprint density at radius 3 is 2.72 bits per heavy atom. The molecular formula is C22H27ClN2. The molecule has 2 nitrogen and oxygen atoms in total. The summed E-state index contributed by atoms with van der Waals surface area (Å²) in [4.78, 5) is 3.60. The van der Waals surface area contributed by atoms with E-state index in [2.05, 4.69) is 42.0 Å². The van der Waals surface area contributed by atoms with Crippen LogP contribution >= 0.6 is 11.6 Å². The molecular weight excluding hydrogens is 328 g/mol. The number of hydrogen-bond donors (Lipinski definition) is 2. The molecule has 0 saturated carbocycles. The van der Waals surface area contributed by atoms with Crippen LogP contribution in [0.5, 0.6) is 0 Å². The molecule has 0 bridgehead atoms. The van der Waals surface area contributed by atoms with Gasteiger partial charge < -0.3 is 10.3 Å². The highest BCUT2D eigenvalue weighted by Crippen LogP contribution is 2.33. The Kier molecular flexibility index (Phi) is 5.82. The summed E-state index contributed by atoms with van der Waals surface area (Å²) >= 11 is 6.15. The van der Waals surface area contributed by atoms with Crippen LogP contribution in [0.15, 0.2) is 48.0 Å². The van der Waals surface area contributed by atoms with Crippen molar-refractivity contribution >= 4 is 28.1 Å². The molecule has 3 heteroatoms. The Labute approximate surface area is 155 Å². The largest absolute Gasteiger partial charge is 0.354 e. The van der Waals surface area contributed by atoms with Gasteiger partial charge in [-0.2, -0.15) is 0 Å². The zero-order chi connectivity index (χ0) is 17.8. The molecule has 0 aliphatic carbocycles. The van der Waals surface area contributed by atoms with Gasteiger partial charge in [0, 0.05) is 21.6 Å². The van der Waals surface area contributed by atoms with Crippen molar-refractivity contribution in [1.29, 1.82) is 0 Å². The van der Waals surface area contributed by atoms with Crippen LogP contribution in [0.25, 0.3) is 16.5 Å². The molecule has 2 aromatic rings. The van der Waals surface area contributed by atoms with Crippen LogP contribution in [-0.2, 0) is 6.42 Å². The first-order valence-corrected chi connectivity index (χ1v) is 9.54. The van der Waals surface area contributed by atoms with Crippen LogP contribution in [0.4, 0.5) is 0 Å². The first-order chi connectivity index (χ1) is 12.1. The van der Waals surface area contributed by atoms with Gasteiger partial charge in [-0.1, -0.05) is 43.3 Å². The number of halogens is 1. The molecule has 0 atom stereocenters. The van der Waals surface area contributed by atoms with Gasteiger partial charge >= 0.3 is 0 Å². The van der Waals surface area contributed by atoms with Gasteiger partial charge in [-0.3, -0.25) is 0 Å². The van der Waals surface area contributed by atoms with Crippen LogP contribution < -0.4 is 5.32 Å². The van der Waals surface area contributed by atoms with E-state index in [0.29, 0.717) is 5.92 Å². The maximum absolute atomic E-state index is 6.15. The molecule has 2 heterocycles. The van der Waals surface area contributed by atoms with E-state index in [-0.39, 0.29) is 0 Å².